The molecule has 0 aliphatic heterocycles. The molecule has 2 rings (SSSR count). The van der Waals surface area contributed by atoms with Crippen LogP contribution in [0.3, 0.4) is 0 Å². The van der Waals surface area contributed by atoms with Crippen LogP contribution >= 0.6 is 23.4 Å². The molecular formula is C15H14ClNOS. The highest BCUT2D eigenvalue weighted by Gasteiger charge is 2.14. The predicted molar refractivity (Wildman–Crippen MR) is 81.8 cm³/mol. The summed E-state index contributed by atoms with van der Waals surface area (Å²) >= 11 is 7.34. The van der Waals surface area contributed by atoms with Gasteiger partial charge in [0.15, 0.2) is 0 Å². The van der Waals surface area contributed by atoms with Crippen LogP contribution < -0.4 is 5.32 Å². The fourth-order valence-corrected chi connectivity index (χ4v) is 2.53. The minimum atomic E-state index is -0.165. The Morgan fingerprint density at radius 2 is 1.74 bits per heavy atom. The van der Waals surface area contributed by atoms with Crippen LogP contribution in [0.2, 0.25) is 5.02 Å². The highest BCUT2D eigenvalue weighted by atomic mass is 35.5. The van der Waals surface area contributed by atoms with Gasteiger partial charge in [0.05, 0.1) is 5.25 Å². The molecule has 2 aromatic carbocycles. The molecule has 0 unspecified atom stereocenters. The topological polar surface area (TPSA) is 29.1 Å². The van der Waals surface area contributed by atoms with Crippen molar-refractivity contribution < 1.29 is 4.79 Å². The third-order valence-corrected chi connectivity index (χ3v) is 3.90. The highest BCUT2D eigenvalue weighted by molar-refractivity contribution is 8.00. The van der Waals surface area contributed by atoms with Gasteiger partial charge in [-0.1, -0.05) is 29.8 Å². The maximum atomic E-state index is 12.0. The molecule has 0 radical (unpaired) electrons. The lowest BCUT2D eigenvalue weighted by atomic mass is 10.3. The average molecular weight is 292 g/mol. The first-order valence-corrected chi connectivity index (χ1v) is 7.19. The Hall–Kier alpha value is -1.45. The van der Waals surface area contributed by atoms with Crippen molar-refractivity contribution in [2.24, 2.45) is 0 Å². The molecule has 0 spiro atoms. The molecule has 0 aliphatic rings. The lowest BCUT2D eigenvalue weighted by Gasteiger charge is -2.12. The van der Waals surface area contributed by atoms with Crippen LogP contribution in [0.1, 0.15) is 6.92 Å². The summed E-state index contributed by atoms with van der Waals surface area (Å²) in [5.74, 6) is -0.00819. The molecule has 0 aromatic heterocycles. The second kappa shape index (κ2) is 6.64. The first kappa shape index (κ1) is 14.0. The number of anilines is 1. The number of rotatable bonds is 4. The van der Waals surface area contributed by atoms with Gasteiger partial charge >= 0.3 is 0 Å². The van der Waals surface area contributed by atoms with Crippen LogP contribution in [-0.2, 0) is 4.79 Å². The van der Waals surface area contributed by atoms with Crippen molar-refractivity contribution in [3.05, 3.63) is 59.6 Å². The molecule has 0 fully saturated rings. The van der Waals surface area contributed by atoms with E-state index in [0.29, 0.717) is 5.02 Å². The zero-order valence-corrected chi connectivity index (χ0v) is 12.0. The Bertz CT molecular complexity index is 542. The van der Waals surface area contributed by atoms with Crippen LogP contribution in [-0.4, -0.2) is 11.2 Å². The van der Waals surface area contributed by atoms with Gasteiger partial charge in [-0.05, 0) is 43.3 Å². The fourth-order valence-electron chi connectivity index (χ4n) is 1.54. The Kier molecular flexibility index (Phi) is 4.88. The van der Waals surface area contributed by atoms with Crippen molar-refractivity contribution in [1.82, 2.24) is 0 Å². The third-order valence-electron chi connectivity index (χ3n) is 2.54. The van der Waals surface area contributed by atoms with E-state index in [4.69, 9.17) is 11.6 Å². The molecule has 2 nitrogen and oxygen atoms in total. The number of halogens is 1. The summed E-state index contributed by atoms with van der Waals surface area (Å²) in [5, 5.41) is 3.42. The molecule has 98 valence electrons. The lowest BCUT2D eigenvalue weighted by molar-refractivity contribution is -0.115. The van der Waals surface area contributed by atoms with Gasteiger partial charge in [-0.2, -0.15) is 0 Å². The average Bonchev–Trinajstić information content (AvgIpc) is 2.42. The van der Waals surface area contributed by atoms with Crippen molar-refractivity contribution in [2.45, 2.75) is 17.1 Å². The number of carbonyl (C=O) groups is 1. The third kappa shape index (κ3) is 4.30. The minimum Gasteiger partial charge on any atom is -0.325 e. The van der Waals surface area contributed by atoms with E-state index < -0.39 is 0 Å². The van der Waals surface area contributed by atoms with Gasteiger partial charge in [-0.15, -0.1) is 11.8 Å². The van der Waals surface area contributed by atoms with Gasteiger partial charge < -0.3 is 5.32 Å². The fraction of sp³-hybridized carbons (Fsp3) is 0.133. The quantitative estimate of drug-likeness (QED) is 0.843. The molecule has 1 atom stereocenters. The number of benzene rings is 2. The van der Waals surface area contributed by atoms with Gasteiger partial charge in [0, 0.05) is 15.6 Å². The molecular weight excluding hydrogens is 278 g/mol. The van der Waals surface area contributed by atoms with Crippen LogP contribution in [0.15, 0.2) is 59.5 Å². The van der Waals surface area contributed by atoms with Gasteiger partial charge in [-0.3, -0.25) is 4.79 Å². The van der Waals surface area contributed by atoms with Crippen molar-refractivity contribution >= 4 is 35.0 Å². The SMILES string of the molecule is C[C@H](Sc1ccc(Cl)cc1)C(=O)Nc1ccccc1. The maximum Gasteiger partial charge on any atom is 0.237 e. The summed E-state index contributed by atoms with van der Waals surface area (Å²) in [6.45, 7) is 1.89. The van der Waals surface area contributed by atoms with E-state index in [1.807, 2.05) is 61.5 Å². The van der Waals surface area contributed by atoms with Gasteiger partial charge in [-0.25, -0.2) is 0 Å². The zero-order chi connectivity index (χ0) is 13.7. The largest absolute Gasteiger partial charge is 0.325 e. The molecule has 0 aliphatic carbocycles. The zero-order valence-electron chi connectivity index (χ0n) is 10.5. The Balaban J connectivity index is 1.94. The lowest BCUT2D eigenvalue weighted by Crippen LogP contribution is -2.22. The first-order valence-electron chi connectivity index (χ1n) is 5.93. The van der Waals surface area contributed by atoms with E-state index in [1.54, 1.807) is 0 Å². The van der Waals surface area contributed by atoms with Crippen molar-refractivity contribution in [3.8, 4) is 0 Å². The van der Waals surface area contributed by atoms with Gasteiger partial charge in [0.25, 0.3) is 0 Å². The van der Waals surface area contributed by atoms with E-state index in [9.17, 15) is 4.79 Å². The normalized spacial score (nSPS) is 11.9. The number of para-hydroxylation sites is 1. The smallest absolute Gasteiger partial charge is 0.237 e. The van der Waals surface area contributed by atoms with E-state index >= 15 is 0 Å². The minimum absolute atomic E-state index is 0.00819. The Morgan fingerprint density at radius 3 is 2.37 bits per heavy atom. The molecule has 4 heteroatoms. The number of thioether (sulfide) groups is 1. The summed E-state index contributed by atoms with van der Waals surface area (Å²) in [5.41, 5.74) is 0.816. The molecule has 1 amide bonds. The number of hydrogen-bond acceptors (Lipinski definition) is 2. The molecule has 0 bridgehead atoms. The van der Waals surface area contributed by atoms with Gasteiger partial charge in [0.1, 0.15) is 0 Å². The van der Waals surface area contributed by atoms with E-state index in [1.165, 1.54) is 11.8 Å². The van der Waals surface area contributed by atoms with Crippen molar-refractivity contribution in [1.29, 1.82) is 0 Å². The predicted octanol–water partition coefficient (Wildman–Crippen LogP) is 4.46. The molecule has 0 saturated heterocycles. The molecule has 1 N–H and O–H groups in total. The number of carbonyl (C=O) groups excluding carboxylic acids is 1. The van der Waals surface area contributed by atoms with E-state index in [0.717, 1.165) is 10.6 Å². The summed E-state index contributed by atoms with van der Waals surface area (Å²) in [7, 11) is 0. The molecule has 2 aromatic rings. The number of hydrogen-bond donors (Lipinski definition) is 1. The summed E-state index contributed by atoms with van der Waals surface area (Å²) in [6.07, 6.45) is 0. The van der Waals surface area contributed by atoms with Crippen molar-refractivity contribution in [3.63, 3.8) is 0 Å². The van der Waals surface area contributed by atoms with Crippen LogP contribution in [0, 0.1) is 0 Å². The molecule has 0 saturated carbocycles. The maximum absolute atomic E-state index is 12.0. The van der Waals surface area contributed by atoms with E-state index in [2.05, 4.69) is 5.32 Å². The second-order valence-electron chi connectivity index (χ2n) is 4.07. The summed E-state index contributed by atoms with van der Waals surface area (Å²) in [4.78, 5) is 13.1. The van der Waals surface area contributed by atoms with Crippen molar-refractivity contribution in [2.75, 3.05) is 5.32 Å². The van der Waals surface area contributed by atoms with Crippen LogP contribution in [0.25, 0.3) is 0 Å². The van der Waals surface area contributed by atoms with Crippen LogP contribution in [0.5, 0.6) is 0 Å². The highest BCUT2D eigenvalue weighted by Crippen LogP contribution is 2.25. The van der Waals surface area contributed by atoms with Gasteiger partial charge in [0.2, 0.25) is 5.91 Å². The summed E-state index contributed by atoms with van der Waals surface area (Å²) in [6, 6.07) is 16.9. The second-order valence-corrected chi connectivity index (χ2v) is 5.92. The number of amides is 1. The van der Waals surface area contributed by atoms with Crippen LogP contribution in [0.4, 0.5) is 5.69 Å². The monoisotopic (exact) mass is 291 g/mol. The summed E-state index contributed by atoms with van der Waals surface area (Å²) < 4.78 is 0. The molecule has 19 heavy (non-hydrogen) atoms. The standard InChI is InChI=1S/C15H14ClNOS/c1-11(19-14-9-7-12(16)8-10-14)15(18)17-13-5-3-2-4-6-13/h2-11H,1H3,(H,17,18)/t11-/m0/s1. The molecule has 0 heterocycles. The van der Waals surface area contributed by atoms with E-state index in [-0.39, 0.29) is 11.2 Å². The Labute approximate surface area is 122 Å². The first-order chi connectivity index (χ1) is 9.15. The number of nitrogens with one attached hydrogen (secondary N) is 1. The Morgan fingerprint density at radius 1 is 1.11 bits per heavy atom.